The molecule has 0 aliphatic carbocycles. The van der Waals surface area contributed by atoms with Crippen LogP contribution < -0.4 is 0 Å². The quantitative estimate of drug-likeness (QED) is 0.808. The zero-order valence-electron chi connectivity index (χ0n) is 9.28. The molecule has 0 amide bonds. The van der Waals surface area contributed by atoms with Crippen LogP contribution in [0.4, 0.5) is 13.2 Å². The van der Waals surface area contributed by atoms with Crippen molar-refractivity contribution in [2.45, 2.75) is 6.43 Å². The number of hydrogen-bond acceptors (Lipinski definition) is 3. The van der Waals surface area contributed by atoms with Gasteiger partial charge in [-0.3, -0.25) is 9.78 Å². The Morgan fingerprint density at radius 1 is 1.26 bits per heavy atom. The lowest BCUT2D eigenvalue weighted by Gasteiger charge is -2.10. The van der Waals surface area contributed by atoms with E-state index in [0.29, 0.717) is 6.29 Å². The van der Waals surface area contributed by atoms with Gasteiger partial charge in [-0.15, -0.1) is 0 Å². The number of benzene rings is 1. The monoisotopic (exact) mass is 286 g/mol. The molecular weight excluding hydrogens is 281 g/mol. The average Bonchev–Trinajstić information content (AvgIpc) is 2.41. The summed E-state index contributed by atoms with van der Waals surface area (Å²) in [6, 6.07) is 2.06. The molecule has 2 rings (SSSR count). The summed E-state index contributed by atoms with van der Waals surface area (Å²) in [4.78, 5) is 18.0. The van der Waals surface area contributed by atoms with Gasteiger partial charge in [-0.1, -0.05) is 17.7 Å². The highest BCUT2D eigenvalue weighted by molar-refractivity contribution is 6.31. The van der Waals surface area contributed by atoms with E-state index < -0.39 is 23.4 Å². The minimum Gasteiger partial charge on any atom is -0.296 e. The summed E-state index contributed by atoms with van der Waals surface area (Å²) >= 11 is 5.58. The summed E-state index contributed by atoms with van der Waals surface area (Å²) in [5, 5.41) is -0.308. The van der Waals surface area contributed by atoms with Crippen LogP contribution in [0.15, 0.2) is 24.5 Å². The third-order valence-corrected chi connectivity index (χ3v) is 2.68. The first-order chi connectivity index (χ1) is 9.04. The van der Waals surface area contributed by atoms with Crippen molar-refractivity contribution < 1.29 is 18.0 Å². The van der Waals surface area contributed by atoms with Crippen LogP contribution in [0.5, 0.6) is 0 Å². The highest BCUT2D eigenvalue weighted by Gasteiger charge is 2.21. The summed E-state index contributed by atoms with van der Waals surface area (Å²) in [5.41, 5.74) is -1.25. The molecule has 0 bridgehead atoms. The SMILES string of the molecule is O=Cc1cncc(-c2c(C(F)F)ccc(Cl)c2F)n1. The normalized spacial score (nSPS) is 10.8. The fourth-order valence-corrected chi connectivity index (χ4v) is 1.72. The predicted molar refractivity (Wildman–Crippen MR) is 62.8 cm³/mol. The number of aldehydes is 1. The molecule has 1 heterocycles. The highest BCUT2D eigenvalue weighted by atomic mass is 35.5. The third kappa shape index (κ3) is 2.58. The van der Waals surface area contributed by atoms with Gasteiger partial charge in [-0.25, -0.2) is 18.2 Å². The molecule has 0 atom stereocenters. The van der Waals surface area contributed by atoms with Crippen molar-refractivity contribution in [1.82, 2.24) is 9.97 Å². The van der Waals surface area contributed by atoms with Crippen molar-refractivity contribution in [1.29, 1.82) is 0 Å². The van der Waals surface area contributed by atoms with Crippen molar-refractivity contribution in [2.75, 3.05) is 0 Å². The van der Waals surface area contributed by atoms with Crippen molar-refractivity contribution in [3.63, 3.8) is 0 Å². The Kier molecular flexibility index (Phi) is 3.80. The molecule has 0 N–H and O–H groups in total. The van der Waals surface area contributed by atoms with E-state index in [4.69, 9.17) is 11.6 Å². The van der Waals surface area contributed by atoms with E-state index >= 15 is 0 Å². The van der Waals surface area contributed by atoms with Gasteiger partial charge >= 0.3 is 0 Å². The summed E-state index contributed by atoms with van der Waals surface area (Å²) in [6.45, 7) is 0. The zero-order valence-corrected chi connectivity index (χ0v) is 10.0. The largest absolute Gasteiger partial charge is 0.296 e. The second kappa shape index (κ2) is 5.36. The van der Waals surface area contributed by atoms with E-state index in [1.165, 1.54) is 0 Å². The first-order valence-corrected chi connectivity index (χ1v) is 5.46. The van der Waals surface area contributed by atoms with Gasteiger partial charge < -0.3 is 0 Å². The van der Waals surface area contributed by atoms with Crippen LogP contribution >= 0.6 is 11.6 Å². The number of carbonyl (C=O) groups excluding carboxylic acids is 1. The topological polar surface area (TPSA) is 42.9 Å². The van der Waals surface area contributed by atoms with E-state index in [2.05, 4.69) is 9.97 Å². The third-order valence-electron chi connectivity index (χ3n) is 2.39. The first kappa shape index (κ1) is 13.5. The lowest BCUT2D eigenvalue weighted by molar-refractivity contribution is 0.111. The Morgan fingerprint density at radius 2 is 2.00 bits per heavy atom. The molecule has 1 aromatic heterocycles. The van der Waals surface area contributed by atoms with E-state index in [9.17, 15) is 18.0 Å². The summed E-state index contributed by atoms with van der Waals surface area (Å²) < 4.78 is 39.7. The molecule has 0 saturated carbocycles. The van der Waals surface area contributed by atoms with Gasteiger partial charge in [0.25, 0.3) is 6.43 Å². The Balaban J connectivity index is 2.71. The van der Waals surface area contributed by atoms with Crippen LogP contribution in [0.2, 0.25) is 5.02 Å². The minimum absolute atomic E-state index is 0.0860. The number of nitrogens with zero attached hydrogens (tertiary/aromatic N) is 2. The molecule has 1 aromatic carbocycles. The molecule has 7 heteroatoms. The van der Waals surface area contributed by atoms with Crippen molar-refractivity contribution >= 4 is 17.9 Å². The summed E-state index contributed by atoms with van der Waals surface area (Å²) in [5.74, 6) is -1.02. The Bertz CT molecular complexity index is 634. The number of rotatable bonds is 3. The molecule has 3 nitrogen and oxygen atoms in total. The Hall–Kier alpha value is -1.95. The molecule has 0 aliphatic heterocycles. The fourth-order valence-electron chi connectivity index (χ4n) is 1.57. The van der Waals surface area contributed by atoms with Gasteiger partial charge in [0.05, 0.1) is 23.1 Å². The van der Waals surface area contributed by atoms with E-state index in [1.807, 2.05) is 0 Å². The smallest absolute Gasteiger partial charge is 0.264 e. The molecular formula is C12H6ClF3N2O. The Morgan fingerprint density at radius 3 is 2.63 bits per heavy atom. The van der Waals surface area contributed by atoms with E-state index in [-0.39, 0.29) is 16.4 Å². The van der Waals surface area contributed by atoms with Crippen LogP contribution in [0, 0.1) is 5.82 Å². The molecule has 0 unspecified atom stereocenters. The van der Waals surface area contributed by atoms with Crippen LogP contribution in [0.3, 0.4) is 0 Å². The Labute approximate surface area is 111 Å². The lowest BCUT2D eigenvalue weighted by Crippen LogP contribution is -1.99. The van der Waals surface area contributed by atoms with Gasteiger partial charge in [-0.05, 0) is 6.07 Å². The maximum atomic E-state index is 13.9. The van der Waals surface area contributed by atoms with Crippen molar-refractivity contribution in [3.05, 3.63) is 46.6 Å². The maximum Gasteiger partial charge on any atom is 0.264 e. The molecule has 0 spiro atoms. The highest BCUT2D eigenvalue weighted by Crippen LogP contribution is 2.35. The van der Waals surface area contributed by atoms with Gasteiger partial charge in [0.1, 0.15) is 5.69 Å². The fraction of sp³-hybridized carbons (Fsp3) is 0.0833. The minimum atomic E-state index is -2.90. The molecule has 0 aliphatic rings. The van der Waals surface area contributed by atoms with Crippen LogP contribution in [0.1, 0.15) is 22.5 Å². The zero-order chi connectivity index (χ0) is 14.0. The number of hydrogen-bond donors (Lipinski definition) is 0. The van der Waals surface area contributed by atoms with Crippen molar-refractivity contribution in [3.8, 4) is 11.3 Å². The molecule has 2 aromatic rings. The number of halogens is 4. The van der Waals surface area contributed by atoms with Gasteiger partial charge in [0.2, 0.25) is 0 Å². The summed E-state index contributed by atoms with van der Waals surface area (Å²) in [6.07, 6.45) is -0.279. The second-order valence-electron chi connectivity index (χ2n) is 3.57. The van der Waals surface area contributed by atoms with Gasteiger partial charge in [-0.2, -0.15) is 0 Å². The second-order valence-corrected chi connectivity index (χ2v) is 3.98. The molecule has 0 saturated heterocycles. The van der Waals surface area contributed by atoms with Crippen molar-refractivity contribution in [2.24, 2.45) is 0 Å². The standard InChI is InChI=1S/C12H6ClF3N2O/c13-8-2-1-7(12(15)16)10(11(8)14)9-4-17-3-6(5-19)18-9/h1-5,12H. The van der Waals surface area contributed by atoms with Crippen LogP contribution in [-0.2, 0) is 0 Å². The van der Waals surface area contributed by atoms with Crippen LogP contribution in [0.25, 0.3) is 11.3 Å². The number of alkyl halides is 2. The molecule has 0 radical (unpaired) electrons. The predicted octanol–water partition coefficient (Wildman–Crippen LogP) is 3.69. The maximum absolute atomic E-state index is 13.9. The molecule has 98 valence electrons. The lowest BCUT2D eigenvalue weighted by atomic mass is 10.0. The first-order valence-electron chi connectivity index (χ1n) is 5.08. The molecule has 19 heavy (non-hydrogen) atoms. The van der Waals surface area contributed by atoms with Crippen LogP contribution in [-0.4, -0.2) is 16.3 Å². The van der Waals surface area contributed by atoms with E-state index in [0.717, 1.165) is 24.5 Å². The van der Waals surface area contributed by atoms with Gasteiger partial charge in [0, 0.05) is 11.1 Å². The number of aromatic nitrogens is 2. The van der Waals surface area contributed by atoms with Gasteiger partial charge in [0.15, 0.2) is 12.1 Å². The van der Waals surface area contributed by atoms with E-state index in [1.54, 1.807) is 0 Å². The molecule has 0 fully saturated rings. The summed E-state index contributed by atoms with van der Waals surface area (Å²) in [7, 11) is 0. The number of carbonyl (C=O) groups is 1. The average molecular weight is 287 g/mol.